The number of carbonyl (C=O) groups excluding carboxylic acids is 3. The van der Waals surface area contributed by atoms with Crippen molar-refractivity contribution in [3.05, 3.63) is 30.7 Å². The molecule has 1 aromatic carbocycles. The highest BCUT2D eigenvalue weighted by Crippen LogP contribution is 2.46. The molecule has 0 bridgehead atoms. The maximum Gasteiger partial charge on any atom is 0.325 e. The highest BCUT2D eigenvalue weighted by atomic mass is 16.4. The van der Waals surface area contributed by atoms with E-state index in [0.29, 0.717) is 35.9 Å². The van der Waals surface area contributed by atoms with E-state index in [9.17, 15) is 14.4 Å². The SMILES string of the molecule is C[C@H]1CC(C)(C)C[C@]2(C1)NC(=O)N(CC(=O)Nc1cccc(-c3nnco3)c1)C2=O. The molecular formula is C21H25N5O4. The average molecular weight is 411 g/mol. The third-order valence-electron chi connectivity index (χ3n) is 5.68. The molecule has 158 valence electrons. The lowest BCUT2D eigenvalue weighted by Crippen LogP contribution is -2.54. The molecule has 1 saturated heterocycles. The van der Waals surface area contributed by atoms with Crippen molar-refractivity contribution in [1.82, 2.24) is 20.4 Å². The quantitative estimate of drug-likeness (QED) is 0.747. The van der Waals surface area contributed by atoms with Gasteiger partial charge in [-0.15, -0.1) is 10.2 Å². The first-order valence-corrected chi connectivity index (χ1v) is 9.98. The molecule has 1 aliphatic heterocycles. The van der Waals surface area contributed by atoms with Gasteiger partial charge in [0.2, 0.25) is 18.2 Å². The van der Waals surface area contributed by atoms with Crippen LogP contribution in [0.3, 0.4) is 0 Å². The Balaban J connectivity index is 1.46. The van der Waals surface area contributed by atoms with Crippen LogP contribution in [0, 0.1) is 11.3 Å². The van der Waals surface area contributed by atoms with Crippen LogP contribution in [-0.2, 0) is 9.59 Å². The summed E-state index contributed by atoms with van der Waals surface area (Å²) in [4.78, 5) is 39.3. The molecule has 2 atom stereocenters. The van der Waals surface area contributed by atoms with Gasteiger partial charge < -0.3 is 15.1 Å². The molecular weight excluding hydrogens is 386 g/mol. The van der Waals surface area contributed by atoms with Gasteiger partial charge in [0.15, 0.2) is 0 Å². The minimum Gasteiger partial charge on any atom is -0.423 e. The fraction of sp³-hybridized carbons (Fsp3) is 0.476. The zero-order valence-corrected chi connectivity index (χ0v) is 17.3. The number of nitrogens with zero attached hydrogens (tertiary/aromatic N) is 3. The summed E-state index contributed by atoms with van der Waals surface area (Å²) in [6.45, 7) is 5.96. The largest absolute Gasteiger partial charge is 0.423 e. The third kappa shape index (κ3) is 3.79. The van der Waals surface area contributed by atoms with E-state index < -0.39 is 17.5 Å². The van der Waals surface area contributed by atoms with Gasteiger partial charge >= 0.3 is 6.03 Å². The Morgan fingerprint density at radius 3 is 2.83 bits per heavy atom. The topological polar surface area (TPSA) is 117 Å². The highest BCUT2D eigenvalue weighted by Gasteiger charge is 2.56. The maximum atomic E-state index is 13.2. The first kappa shape index (κ1) is 20.1. The summed E-state index contributed by atoms with van der Waals surface area (Å²) in [5.41, 5.74) is 0.173. The van der Waals surface area contributed by atoms with Gasteiger partial charge in [0.25, 0.3) is 5.91 Å². The molecule has 9 nitrogen and oxygen atoms in total. The number of carbonyl (C=O) groups is 3. The predicted octanol–water partition coefficient (Wildman–Crippen LogP) is 2.81. The van der Waals surface area contributed by atoms with E-state index in [1.54, 1.807) is 24.3 Å². The van der Waals surface area contributed by atoms with Crippen molar-refractivity contribution in [2.75, 3.05) is 11.9 Å². The summed E-state index contributed by atoms with van der Waals surface area (Å²) in [6.07, 6.45) is 3.38. The van der Waals surface area contributed by atoms with Gasteiger partial charge in [-0.25, -0.2) is 4.79 Å². The number of benzene rings is 1. The normalized spacial score (nSPS) is 25.4. The van der Waals surface area contributed by atoms with E-state index in [1.165, 1.54) is 6.39 Å². The number of rotatable bonds is 4. The van der Waals surface area contributed by atoms with Crippen molar-refractivity contribution in [1.29, 1.82) is 0 Å². The summed E-state index contributed by atoms with van der Waals surface area (Å²) in [5, 5.41) is 13.1. The van der Waals surface area contributed by atoms with E-state index in [2.05, 4.69) is 41.6 Å². The Hall–Kier alpha value is -3.23. The Labute approximate surface area is 174 Å². The van der Waals surface area contributed by atoms with Crippen molar-refractivity contribution in [3.8, 4) is 11.5 Å². The zero-order valence-electron chi connectivity index (χ0n) is 17.3. The van der Waals surface area contributed by atoms with Crippen LogP contribution in [0.4, 0.5) is 10.5 Å². The van der Waals surface area contributed by atoms with Gasteiger partial charge in [0, 0.05) is 11.3 Å². The fourth-order valence-electron chi connectivity index (χ4n) is 5.02. The highest BCUT2D eigenvalue weighted by molar-refractivity contribution is 6.10. The molecule has 1 aliphatic carbocycles. The second-order valence-corrected chi connectivity index (χ2v) is 9.13. The molecule has 4 rings (SSSR count). The second kappa shape index (κ2) is 7.23. The average Bonchev–Trinajstić information content (AvgIpc) is 3.24. The molecule has 2 aliphatic rings. The van der Waals surface area contributed by atoms with Crippen LogP contribution in [0.1, 0.15) is 40.0 Å². The standard InChI is InChI=1S/C21H25N5O4/c1-13-8-20(2,3)11-21(9-13)18(28)26(19(29)24-21)10-16(27)23-15-6-4-5-14(7-15)17-25-22-12-30-17/h4-7,12-13H,8-11H2,1-3H3,(H,23,27)(H,24,29)/t13-,21-/m0/s1. The lowest BCUT2D eigenvalue weighted by molar-refractivity contribution is -0.136. The number of aromatic nitrogens is 2. The van der Waals surface area contributed by atoms with Crippen LogP contribution < -0.4 is 10.6 Å². The van der Waals surface area contributed by atoms with Crippen LogP contribution in [-0.4, -0.2) is 45.0 Å². The van der Waals surface area contributed by atoms with Gasteiger partial charge in [-0.1, -0.05) is 26.8 Å². The van der Waals surface area contributed by atoms with Crippen LogP contribution in [0.25, 0.3) is 11.5 Å². The summed E-state index contributed by atoms with van der Waals surface area (Å²) < 4.78 is 5.16. The number of imide groups is 1. The zero-order chi connectivity index (χ0) is 21.5. The van der Waals surface area contributed by atoms with Crippen molar-refractivity contribution >= 4 is 23.5 Å². The Bertz CT molecular complexity index is 987. The van der Waals surface area contributed by atoms with Gasteiger partial charge in [0.05, 0.1) is 0 Å². The summed E-state index contributed by atoms with van der Waals surface area (Å²) in [6, 6.07) is 6.39. The molecule has 1 spiro atoms. The van der Waals surface area contributed by atoms with Gasteiger partial charge in [-0.05, 0) is 48.8 Å². The number of urea groups is 1. The van der Waals surface area contributed by atoms with E-state index in [1.807, 2.05) is 0 Å². The Morgan fingerprint density at radius 2 is 2.13 bits per heavy atom. The predicted molar refractivity (Wildman–Crippen MR) is 108 cm³/mol. The van der Waals surface area contributed by atoms with E-state index in [-0.39, 0.29) is 17.9 Å². The maximum absolute atomic E-state index is 13.2. The first-order valence-electron chi connectivity index (χ1n) is 9.98. The van der Waals surface area contributed by atoms with Crippen molar-refractivity contribution in [2.45, 2.75) is 45.6 Å². The van der Waals surface area contributed by atoms with E-state index in [4.69, 9.17) is 4.42 Å². The summed E-state index contributed by atoms with van der Waals surface area (Å²) in [7, 11) is 0. The fourth-order valence-corrected chi connectivity index (χ4v) is 5.02. The van der Waals surface area contributed by atoms with Gasteiger partial charge in [-0.2, -0.15) is 0 Å². The van der Waals surface area contributed by atoms with Gasteiger partial charge in [-0.3, -0.25) is 14.5 Å². The number of anilines is 1. The molecule has 30 heavy (non-hydrogen) atoms. The third-order valence-corrected chi connectivity index (χ3v) is 5.68. The molecule has 2 fully saturated rings. The minimum absolute atomic E-state index is 0.0614. The van der Waals surface area contributed by atoms with Crippen molar-refractivity contribution < 1.29 is 18.8 Å². The van der Waals surface area contributed by atoms with E-state index in [0.717, 1.165) is 11.3 Å². The lowest BCUT2D eigenvalue weighted by Gasteiger charge is -2.43. The molecule has 2 heterocycles. The molecule has 1 aromatic heterocycles. The molecule has 4 amide bonds. The minimum atomic E-state index is -0.920. The van der Waals surface area contributed by atoms with Crippen LogP contribution >= 0.6 is 0 Å². The van der Waals surface area contributed by atoms with Gasteiger partial charge in [0.1, 0.15) is 12.1 Å². The Morgan fingerprint density at radius 1 is 1.33 bits per heavy atom. The van der Waals surface area contributed by atoms with Crippen molar-refractivity contribution in [3.63, 3.8) is 0 Å². The lowest BCUT2D eigenvalue weighted by atomic mass is 9.64. The second-order valence-electron chi connectivity index (χ2n) is 9.13. The molecule has 9 heteroatoms. The van der Waals surface area contributed by atoms with Crippen molar-refractivity contribution in [2.24, 2.45) is 11.3 Å². The first-order chi connectivity index (χ1) is 14.2. The van der Waals surface area contributed by atoms with E-state index >= 15 is 0 Å². The summed E-state index contributed by atoms with van der Waals surface area (Å²) in [5.74, 6) is -0.140. The van der Waals surface area contributed by atoms with Crippen LogP contribution in [0.15, 0.2) is 35.1 Å². The van der Waals surface area contributed by atoms with Crippen LogP contribution in [0.2, 0.25) is 0 Å². The molecule has 2 aromatic rings. The summed E-state index contributed by atoms with van der Waals surface area (Å²) >= 11 is 0. The molecule has 0 radical (unpaired) electrons. The van der Waals surface area contributed by atoms with Crippen LogP contribution in [0.5, 0.6) is 0 Å². The monoisotopic (exact) mass is 411 g/mol. The number of amides is 4. The molecule has 2 N–H and O–H groups in total. The number of nitrogens with one attached hydrogen (secondary N) is 2. The smallest absolute Gasteiger partial charge is 0.325 e. The number of hydrogen-bond acceptors (Lipinski definition) is 6. The molecule has 0 unspecified atom stereocenters. The number of hydrogen-bond donors (Lipinski definition) is 2. The molecule has 1 saturated carbocycles. The Kier molecular flexibility index (Phi) is 4.83.